The van der Waals surface area contributed by atoms with Gasteiger partial charge in [-0.05, 0) is 73.5 Å². The molecule has 0 aliphatic rings. The van der Waals surface area contributed by atoms with Crippen molar-refractivity contribution in [3.05, 3.63) is 194 Å². The molecule has 0 N–H and O–H groups in total. The molecule has 0 unspecified atom stereocenters. The summed E-state index contributed by atoms with van der Waals surface area (Å²) in [7, 11) is -4.33. The van der Waals surface area contributed by atoms with Gasteiger partial charge in [-0.3, -0.25) is 19.1 Å². The van der Waals surface area contributed by atoms with Gasteiger partial charge in [0.15, 0.2) is 0 Å². The lowest BCUT2D eigenvalue weighted by Crippen LogP contribution is -2.52. The molecule has 0 saturated carbocycles. The van der Waals surface area contributed by atoms with E-state index in [0.29, 0.717) is 0 Å². The van der Waals surface area contributed by atoms with Gasteiger partial charge in [-0.25, -0.2) is 9.97 Å². The van der Waals surface area contributed by atoms with E-state index in [4.69, 9.17) is 19.9 Å². The minimum atomic E-state index is -2.17. The van der Waals surface area contributed by atoms with Gasteiger partial charge in [0.25, 0.3) is 0 Å². The van der Waals surface area contributed by atoms with Crippen molar-refractivity contribution >= 4 is 80.5 Å². The molecule has 0 bridgehead atoms. The third-order valence-corrected chi connectivity index (χ3v) is 20.5. The van der Waals surface area contributed by atoms with Crippen molar-refractivity contribution < 1.29 is 0 Å². The Morgan fingerprint density at radius 2 is 0.766 bits per heavy atom. The van der Waals surface area contributed by atoms with E-state index in [0.717, 1.165) is 34.2 Å². The lowest BCUT2D eigenvalue weighted by Gasteiger charge is -2.25. The van der Waals surface area contributed by atoms with E-state index in [1.165, 1.54) is 75.5 Å². The van der Waals surface area contributed by atoms with E-state index < -0.39 is 16.1 Å². The molecule has 11 aromatic rings. The monoisotopic (exact) mass is 860 g/mol. The highest BCUT2D eigenvalue weighted by Crippen LogP contribution is 2.33. The van der Waals surface area contributed by atoms with Crippen LogP contribution in [-0.2, 0) is 0 Å². The summed E-state index contributed by atoms with van der Waals surface area (Å²) in [5.41, 5.74) is 11.0. The second kappa shape index (κ2) is 15.2. The summed E-state index contributed by atoms with van der Waals surface area (Å²) in [6.45, 7) is 14.0. The van der Waals surface area contributed by atoms with Crippen LogP contribution in [0.25, 0.3) is 77.8 Å². The predicted molar refractivity (Wildman–Crippen MR) is 273 cm³/mol. The Balaban J connectivity index is 0.899. The molecule has 0 atom stereocenters. The average Bonchev–Trinajstić information content (AvgIpc) is 3.84. The zero-order valence-corrected chi connectivity index (χ0v) is 39.0. The molecule has 8 heteroatoms. The van der Waals surface area contributed by atoms with E-state index in [1.54, 1.807) is 0 Å². The molecule has 0 fully saturated rings. The number of rotatable bonds is 8. The van der Waals surface area contributed by atoms with Crippen molar-refractivity contribution in [2.24, 2.45) is 0 Å². The van der Waals surface area contributed by atoms with Crippen molar-refractivity contribution in [2.75, 3.05) is 0 Å². The zero-order valence-electron chi connectivity index (χ0n) is 37.0. The maximum Gasteiger partial charge on any atom is 0.137 e. The minimum Gasteiger partial charge on any atom is -0.294 e. The van der Waals surface area contributed by atoms with Gasteiger partial charge in [0.05, 0.1) is 45.8 Å². The number of fused-ring (bicyclic) bond motifs is 6. The molecule has 64 heavy (non-hydrogen) atoms. The smallest absolute Gasteiger partial charge is 0.137 e. The van der Waals surface area contributed by atoms with Crippen molar-refractivity contribution in [1.82, 2.24) is 29.1 Å². The fourth-order valence-electron chi connectivity index (χ4n) is 9.59. The van der Waals surface area contributed by atoms with Crippen molar-refractivity contribution in [3.63, 3.8) is 0 Å². The molecule has 0 amide bonds. The van der Waals surface area contributed by atoms with Crippen LogP contribution in [0.1, 0.15) is 11.1 Å². The topological polar surface area (TPSA) is 61.4 Å². The fraction of sp³-hybridized carbons (Fsp3) is 0.107. The van der Waals surface area contributed by atoms with Crippen LogP contribution in [0.4, 0.5) is 0 Å². The fourth-order valence-corrected chi connectivity index (χ4v) is 14.3. The number of hydrogen-bond donors (Lipinski definition) is 0. The molecule has 0 spiro atoms. The highest BCUT2D eigenvalue weighted by Gasteiger charge is 2.29. The molecular weight excluding hydrogens is 813 g/mol. The Labute approximate surface area is 375 Å². The lowest BCUT2D eigenvalue weighted by molar-refractivity contribution is 1.07. The van der Waals surface area contributed by atoms with Gasteiger partial charge in [-0.15, -0.1) is 0 Å². The van der Waals surface area contributed by atoms with Crippen molar-refractivity contribution in [1.29, 1.82) is 0 Å². The molecule has 0 radical (unpaired) electrons. The van der Waals surface area contributed by atoms with Gasteiger partial charge >= 0.3 is 0 Å². The zero-order chi connectivity index (χ0) is 43.7. The van der Waals surface area contributed by atoms with Gasteiger partial charge in [-0.1, -0.05) is 156 Å². The van der Waals surface area contributed by atoms with Crippen LogP contribution < -0.4 is 20.7 Å². The number of pyridine rings is 2. The molecular formula is C56H48N6Si2. The molecule has 310 valence electrons. The van der Waals surface area contributed by atoms with Gasteiger partial charge in [0.2, 0.25) is 0 Å². The Kier molecular flexibility index (Phi) is 9.41. The van der Waals surface area contributed by atoms with Gasteiger partial charge in [0, 0.05) is 45.1 Å². The number of nitrogens with zero attached hydrogens (tertiary/aromatic N) is 6. The molecule has 6 nitrogen and oxygen atoms in total. The molecule has 5 aromatic heterocycles. The van der Waals surface area contributed by atoms with Crippen LogP contribution in [-0.4, -0.2) is 45.2 Å². The Morgan fingerprint density at radius 1 is 0.359 bits per heavy atom. The Bertz CT molecular complexity index is 3360. The van der Waals surface area contributed by atoms with Crippen LogP contribution in [0.15, 0.2) is 183 Å². The van der Waals surface area contributed by atoms with E-state index in [2.05, 4.69) is 207 Å². The number of para-hydroxylation sites is 2. The lowest BCUT2D eigenvalue weighted by atomic mass is 10.1. The normalized spacial score (nSPS) is 12.2. The van der Waals surface area contributed by atoms with Crippen molar-refractivity contribution in [3.8, 4) is 34.2 Å². The second-order valence-electron chi connectivity index (χ2n) is 18.3. The summed E-state index contributed by atoms with van der Waals surface area (Å²) in [5, 5.41) is 10.4. The largest absolute Gasteiger partial charge is 0.294 e. The average molecular weight is 861 g/mol. The van der Waals surface area contributed by atoms with E-state index in [9.17, 15) is 0 Å². The standard InChI is InChI=1S/C56H48N6Si2/c1-37-25-27-57-55(29-37)61-51-19-9-7-17-45(51)47-23-21-43(33-53(47)61)63(3,4)41-15-11-13-39(31-41)49-35-60-50(36-59-49)40-14-12-16-42(32-40)64(5,6)44-22-24-48-46-18-8-10-20-52(46)62(54(48)34-44)56-30-38(2)26-28-58-56/h7-36H,1-6H3. The molecule has 0 saturated heterocycles. The van der Waals surface area contributed by atoms with Gasteiger partial charge in [0.1, 0.15) is 27.8 Å². The molecule has 5 heterocycles. The SMILES string of the molecule is Cc1ccnc(-n2c3ccccc3c3ccc([Si](C)(C)c4cccc(-c5cnc(-c6cccc([Si](C)(C)c7ccc8c9ccccc9n(-c9cc(C)ccn9)c8c7)c6)cn5)c4)cc32)c1. The highest BCUT2D eigenvalue weighted by molar-refractivity contribution is 7.01. The summed E-state index contributed by atoms with van der Waals surface area (Å²) < 4.78 is 4.64. The van der Waals surface area contributed by atoms with Gasteiger partial charge in [-0.2, -0.15) is 0 Å². The van der Waals surface area contributed by atoms with Crippen LogP contribution in [0.2, 0.25) is 26.2 Å². The summed E-state index contributed by atoms with van der Waals surface area (Å²) in [6.07, 6.45) is 7.68. The van der Waals surface area contributed by atoms with E-state index in [-0.39, 0.29) is 0 Å². The summed E-state index contributed by atoms with van der Waals surface area (Å²) in [4.78, 5) is 19.7. The first-order valence-electron chi connectivity index (χ1n) is 22.0. The third-order valence-electron chi connectivity index (χ3n) is 13.5. The maximum absolute atomic E-state index is 5.03. The molecule has 0 aliphatic carbocycles. The van der Waals surface area contributed by atoms with Crippen molar-refractivity contribution in [2.45, 2.75) is 40.0 Å². The first-order chi connectivity index (χ1) is 31.0. The number of hydrogen-bond acceptors (Lipinski definition) is 4. The van der Waals surface area contributed by atoms with E-state index in [1.807, 2.05) is 24.8 Å². The Morgan fingerprint density at radius 3 is 1.19 bits per heavy atom. The highest BCUT2D eigenvalue weighted by atomic mass is 28.3. The predicted octanol–water partition coefficient (Wildman–Crippen LogP) is 11.1. The first kappa shape index (κ1) is 39.6. The van der Waals surface area contributed by atoms with Gasteiger partial charge < -0.3 is 0 Å². The minimum absolute atomic E-state index is 0.870. The summed E-state index contributed by atoms with van der Waals surface area (Å²) >= 11 is 0. The Hall–Kier alpha value is -7.27. The number of aryl methyl sites for hydroxylation is 2. The summed E-state index contributed by atoms with van der Waals surface area (Å²) in [5.74, 6) is 1.89. The van der Waals surface area contributed by atoms with Crippen LogP contribution in [0, 0.1) is 13.8 Å². The molecule has 6 aromatic carbocycles. The third kappa shape index (κ3) is 6.60. The quantitative estimate of drug-likeness (QED) is 0.143. The molecule has 0 aliphatic heterocycles. The molecule has 11 rings (SSSR count). The first-order valence-corrected chi connectivity index (χ1v) is 28.0. The van der Waals surface area contributed by atoms with Crippen LogP contribution in [0.3, 0.4) is 0 Å². The van der Waals surface area contributed by atoms with Crippen LogP contribution in [0.5, 0.6) is 0 Å². The number of benzene rings is 6. The second-order valence-corrected chi connectivity index (χ2v) is 27.1. The van der Waals surface area contributed by atoms with Crippen LogP contribution >= 0.6 is 0 Å². The summed E-state index contributed by atoms with van der Waals surface area (Å²) in [6, 6.07) is 57.8. The van der Waals surface area contributed by atoms with E-state index >= 15 is 0 Å². The maximum atomic E-state index is 5.03. The number of aromatic nitrogens is 6.